The third kappa shape index (κ3) is 4.70. The Labute approximate surface area is 123 Å². The van der Waals surface area contributed by atoms with Gasteiger partial charge in [-0.25, -0.2) is 4.98 Å². The summed E-state index contributed by atoms with van der Waals surface area (Å²) >= 11 is 5.88. The first-order chi connectivity index (χ1) is 9.10. The maximum Gasteiger partial charge on any atom is 0.272 e. The number of carbonyl (C=O) groups is 2. The molecule has 4 N–H and O–H groups in total. The largest absolute Gasteiger partial charge is 0.384 e. The van der Waals surface area contributed by atoms with Gasteiger partial charge in [-0.2, -0.15) is 0 Å². The second-order valence-corrected chi connectivity index (χ2v) is 5.91. The summed E-state index contributed by atoms with van der Waals surface area (Å²) in [5.41, 5.74) is 5.14. The van der Waals surface area contributed by atoms with Gasteiger partial charge in [-0.1, -0.05) is 11.6 Å². The van der Waals surface area contributed by atoms with Gasteiger partial charge in [0.05, 0.1) is 5.02 Å². The van der Waals surface area contributed by atoms with Crippen molar-refractivity contribution in [1.29, 1.82) is 0 Å². The Morgan fingerprint density at radius 2 is 1.95 bits per heavy atom. The SMILES string of the molecule is CC(NC(=O)c1nc(N)ccc1Cl)C(=O)NC(C)(C)C. The second kappa shape index (κ2) is 6.09. The fraction of sp³-hybridized carbons (Fsp3) is 0.462. The molecule has 1 aromatic heterocycles. The Balaban J connectivity index is 2.75. The van der Waals surface area contributed by atoms with E-state index in [0.29, 0.717) is 0 Å². The van der Waals surface area contributed by atoms with Crippen LogP contribution in [0.2, 0.25) is 5.02 Å². The van der Waals surface area contributed by atoms with Crippen LogP contribution in [-0.2, 0) is 4.79 Å². The van der Waals surface area contributed by atoms with Gasteiger partial charge < -0.3 is 16.4 Å². The van der Waals surface area contributed by atoms with E-state index in [4.69, 9.17) is 17.3 Å². The van der Waals surface area contributed by atoms with Gasteiger partial charge in [0.1, 0.15) is 17.6 Å². The van der Waals surface area contributed by atoms with Gasteiger partial charge in [-0.3, -0.25) is 9.59 Å². The van der Waals surface area contributed by atoms with Crippen molar-refractivity contribution in [1.82, 2.24) is 15.6 Å². The van der Waals surface area contributed by atoms with Gasteiger partial charge in [0, 0.05) is 5.54 Å². The van der Waals surface area contributed by atoms with E-state index in [2.05, 4.69) is 15.6 Å². The van der Waals surface area contributed by atoms with Gasteiger partial charge in [-0.15, -0.1) is 0 Å². The molecule has 0 bridgehead atoms. The summed E-state index contributed by atoms with van der Waals surface area (Å²) in [6.07, 6.45) is 0. The molecule has 0 saturated carbocycles. The molecule has 0 aliphatic carbocycles. The third-order valence-corrected chi connectivity index (χ3v) is 2.63. The van der Waals surface area contributed by atoms with Gasteiger partial charge in [0.25, 0.3) is 5.91 Å². The third-order valence-electron chi connectivity index (χ3n) is 2.32. The molecule has 1 heterocycles. The Morgan fingerprint density at radius 1 is 1.35 bits per heavy atom. The monoisotopic (exact) mass is 298 g/mol. The van der Waals surface area contributed by atoms with Gasteiger partial charge in [0.2, 0.25) is 5.91 Å². The predicted octanol–water partition coefficient (Wildman–Crippen LogP) is 1.35. The fourth-order valence-corrected chi connectivity index (χ4v) is 1.62. The lowest BCUT2D eigenvalue weighted by atomic mass is 10.1. The summed E-state index contributed by atoms with van der Waals surface area (Å²) in [5, 5.41) is 5.48. The molecule has 0 aliphatic heterocycles. The van der Waals surface area contributed by atoms with Crippen LogP contribution in [0.25, 0.3) is 0 Å². The Bertz CT molecular complexity index is 526. The number of nitrogens with zero attached hydrogens (tertiary/aromatic N) is 1. The number of aromatic nitrogens is 1. The smallest absolute Gasteiger partial charge is 0.272 e. The molecule has 0 radical (unpaired) electrons. The van der Waals surface area contributed by atoms with E-state index in [0.717, 1.165) is 0 Å². The second-order valence-electron chi connectivity index (χ2n) is 5.50. The molecule has 0 saturated heterocycles. The molecular weight excluding hydrogens is 280 g/mol. The minimum Gasteiger partial charge on any atom is -0.384 e. The van der Waals surface area contributed by atoms with E-state index >= 15 is 0 Å². The van der Waals surface area contributed by atoms with Crippen molar-refractivity contribution in [3.63, 3.8) is 0 Å². The molecular formula is C13H19ClN4O2. The number of hydrogen-bond donors (Lipinski definition) is 3. The lowest BCUT2D eigenvalue weighted by Gasteiger charge is -2.23. The molecule has 0 aliphatic rings. The van der Waals surface area contributed by atoms with E-state index in [1.165, 1.54) is 12.1 Å². The average Bonchev–Trinajstić information content (AvgIpc) is 2.29. The van der Waals surface area contributed by atoms with Crippen LogP contribution in [0.15, 0.2) is 12.1 Å². The quantitative estimate of drug-likeness (QED) is 0.784. The standard InChI is InChI=1S/C13H19ClN4O2/c1-7(11(19)18-13(2,3)4)16-12(20)10-8(14)5-6-9(15)17-10/h5-7H,1-4H3,(H2,15,17)(H,16,20)(H,18,19). The fourth-order valence-electron chi connectivity index (χ4n) is 1.42. The molecule has 0 aromatic carbocycles. The molecule has 1 unspecified atom stereocenters. The van der Waals surface area contributed by atoms with Crippen LogP contribution in [0.1, 0.15) is 38.2 Å². The van der Waals surface area contributed by atoms with Crippen LogP contribution < -0.4 is 16.4 Å². The molecule has 2 amide bonds. The number of rotatable bonds is 3. The topological polar surface area (TPSA) is 97.1 Å². The molecule has 20 heavy (non-hydrogen) atoms. The number of nitrogens with one attached hydrogen (secondary N) is 2. The van der Waals surface area contributed by atoms with E-state index in [9.17, 15) is 9.59 Å². The summed E-state index contributed by atoms with van der Waals surface area (Å²) in [5.74, 6) is -0.643. The minimum absolute atomic E-state index is 0.00192. The number of carbonyl (C=O) groups excluding carboxylic acids is 2. The minimum atomic E-state index is -0.707. The van der Waals surface area contributed by atoms with Crippen LogP contribution in [0, 0.1) is 0 Å². The number of hydrogen-bond acceptors (Lipinski definition) is 4. The highest BCUT2D eigenvalue weighted by atomic mass is 35.5. The number of halogens is 1. The van der Waals surface area contributed by atoms with Crippen molar-refractivity contribution in [2.24, 2.45) is 0 Å². The van der Waals surface area contributed by atoms with Crippen LogP contribution >= 0.6 is 11.6 Å². The Kier molecular flexibility index (Phi) is 4.94. The number of amides is 2. The number of nitrogens with two attached hydrogens (primary N) is 1. The average molecular weight is 299 g/mol. The first-order valence-corrected chi connectivity index (χ1v) is 6.53. The zero-order valence-electron chi connectivity index (χ0n) is 12.0. The maximum absolute atomic E-state index is 12.0. The summed E-state index contributed by atoms with van der Waals surface area (Å²) in [6, 6.07) is 2.27. The van der Waals surface area contributed by atoms with Crippen LogP contribution in [0.4, 0.5) is 5.82 Å². The normalized spacial score (nSPS) is 12.7. The van der Waals surface area contributed by atoms with E-state index in [1.54, 1.807) is 6.92 Å². The summed E-state index contributed by atoms with van der Waals surface area (Å²) in [6.45, 7) is 7.15. The number of pyridine rings is 1. The lowest BCUT2D eigenvalue weighted by molar-refractivity contribution is -0.124. The van der Waals surface area contributed by atoms with Crippen molar-refractivity contribution in [3.8, 4) is 0 Å². The molecule has 6 nitrogen and oxygen atoms in total. The molecule has 1 aromatic rings. The molecule has 1 rings (SSSR count). The van der Waals surface area contributed by atoms with Crippen LogP contribution in [0.3, 0.4) is 0 Å². The molecule has 110 valence electrons. The number of anilines is 1. The van der Waals surface area contributed by atoms with Gasteiger partial charge in [0.15, 0.2) is 0 Å². The van der Waals surface area contributed by atoms with Crippen molar-refractivity contribution in [2.75, 3.05) is 5.73 Å². The number of nitrogen functional groups attached to an aromatic ring is 1. The molecule has 7 heteroatoms. The summed E-state index contributed by atoms with van der Waals surface area (Å²) in [7, 11) is 0. The molecule has 0 spiro atoms. The van der Waals surface area contributed by atoms with Gasteiger partial charge >= 0.3 is 0 Å². The zero-order valence-corrected chi connectivity index (χ0v) is 12.7. The first kappa shape index (κ1) is 16.2. The highest BCUT2D eigenvalue weighted by molar-refractivity contribution is 6.33. The van der Waals surface area contributed by atoms with Crippen LogP contribution in [-0.4, -0.2) is 28.4 Å². The van der Waals surface area contributed by atoms with Crippen molar-refractivity contribution < 1.29 is 9.59 Å². The Hall–Kier alpha value is -1.82. The Morgan fingerprint density at radius 3 is 2.50 bits per heavy atom. The van der Waals surface area contributed by atoms with Gasteiger partial charge in [-0.05, 0) is 39.8 Å². The highest BCUT2D eigenvalue weighted by Crippen LogP contribution is 2.15. The lowest BCUT2D eigenvalue weighted by Crippen LogP contribution is -2.51. The van der Waals surface area contributed by atoms with Crippen molar-refractivity contribution >= 4 is 29.2 Å². The first-order valence-electron chi connectivity index (χ1n) is 6.15. The van der Waals surface area contributed by atoms with E-state index < -0.39 is 11.9 Å². The zero-order chi connectivity index (χ0) is 15.5. The summed E-state index contributed by atoms with van der Waals surface area (Å²) < 4.78 is 0. The maximum atomic E-state index is 12.0. The molecule has 0 fully saturated rings. The van der Waals surface area contributed by atoms with Crippen molar-refractivity contribution in [3.05, 3.63) is 22.8 Å². The van der Waals surface area contributed by atoms with Crippen molar-refractivity contribution in [2.45, 2.75) is 39.3 Å². The predicted molar refractivity (Wildman–Crippen MR) is 78.5 cm³/mol. The highest BCUT2D eigenvalue weighted by Gasteiger charge is 2.22. The van der Waals surface area contributed by atoms with E-state index in [1.807, 2.05) is 20.8 Å². The van der Waals surface area contributed by atoms with Crippen LogP contribution in [0.5, 0.6) is 0 Å². The summed E-state index contributed by atoms with van der Waals surface area (Å²) in [4.78, 5) is 27.7. The van der Waals surface area contributed by atoms with E-state index in [-0.39, 0.29) is 28.0 Å². The molecule has 1 atom stereocenters.